The summed E-state index contributed by atoms with van der Waals surface area (Å²) in [7, 11) is 0. The Morgan fingerprint density at radius 3 is 2.65 bits per heavy atom. The first-order valence-corrected chi connectivity index (χ1v) is 7.88. The molecule has 2 rings (SSSR count). The molecule has 0 radical (unpaired) electrons. The third-order valence-electron chi connectivity index (χ3n) is 3.28. The zero-order valence-corrected chi connectivity index (χ0v) is 12.8. The lowest BCUT2D eigenvalue weighted by atomic mass is 10.1. The fourth-order valence-corrected chi connectivity index (χ4v) is 3.95. The van der Waals surface area contributed by atoms with Gasteiger partial charge in [0.1, 0.15) is 5.82 Å². The maximum absolute atomic E-state index is 14.1. The van der Waals surface area contributed by atoms with Crippen molar-refractivity contribution in [2.75, 3.05) is 19.6 Å². The first kappa shape index (κ1) is 15.4. The van der Waals surface area contributed by atoms with Crippen molar-refractivity contribution < 1.29 is 4.39 Å². The van der Waals surface area contributed by atoms with E-state index in [4.69, 9.17) is 5.73 Å². The van der Waals surface area contributed by atoms with Crippen LogP contribution in [0.15, 0.2) is 18.2 Å². The molecule has 108 valence electrons. The van der Waals surface area contributed by atoms with Crippen molar-refractivity contribution in [3.8, 4) is 11.8 Å². The van der Waals surface area contributed by atoms with E-state index in [0.717, 1.165) is 18.7 Å². The minimum atomic E-state index is -0.174. The van der Waals surface area contributed by atoms with E-state index in [2.05, 4.69) is 30.6 Å². The molecule has 1 fully saturated rings. The van der Waals surface area contributed by atoms with Crippen LogP contribution in [0.1, 0.15) is 25.0 Å². The number of benzene rings is 1. The third-order valence-corrected chi connectivity index (χ3v) is 4.50. The van der Waals surface area contributed by atoms with Crippen molar-refractivity contribution in [2.45, 2.75) is 30.9 Å². The Bertz CT molecular complexity index is 511. The molecular weight excluding hydrogens is 271 g/mol. The van der Waals surface area contributed by atoms with E-state index in [-0.39, 0.29) is 5.82 Å². The monoisotopic (exact) mass is 292 g/mol. The highest BCUT2D eigenvalue weighted by Gasteiger charge is 2.22. The molecule has 1 aliphatic heterocycles. The number of halogens is 1. The molecule has 1 aromatic rings. The Labute approximate surface area is 124 Å². The second kappa shape index (κ2) is 7.12. The van der Waals surface area contributed by atoms with Gasteiger partial charge in [0.15, 0.2) is 0 Å². The van der Waals surface area contributed by atoms with Crippen LogP contribution >= 0.6 is 11.8 Å². The lowest BCUT2D eigenvalue weighted by Gasteiger charge is -2.34. The van der Waals surface area contributed by atoms with E-state index in [0.29, 0.717) is 29.2 Å². The van der Waals surface area contributed by atoms with Crippen LogP contribution in [0.5, 0.6) is 0 Å². The van der Waals surface area contributed by atoms with Crippen molar-refractivity contribution >= 4 is 11.8 Å². The normalized spacial score (nSPS) is 23.2. The SMILES string of the molecule is CC1CN(Cc2ccc(C#CCN)cc2F)CC(C)S1. The largest absolute Gasteiger partial charge is 0.320 e. The first-order valence-electron chi connectivity index (χ1n) is 6.93. The van der Waals surface area contributed by atoms with Crippen LogP contribution in [0, 0.1) is 17.7 Å². The molecule has 0 spiro atoms. The summed E-state index contributed by atoms with van der Waals surface area (Å²) in [6.07, 6.45) is 0. The van der Waals surface area contributed by atoms with Gasteiger partial charge in [0.05, 0.1) is 6.54 Å². The summed E-state index contributed by atoms with van der Waals surface area (Å²) in [5, 5.41) is 1.22. The van der Waals surface area contributed by atoms with Gasteiger partial charge in [-0.3, -0.25) is 4.90 Å². The Morgan fingerprint density at radius 2 is 2.05 bits per heavy atom. The summed E-state index contributed by atoms with van der Waals surface area (Å²) >= 11 is 2.01. The molecule has 20 heavy (non-hydrogen) atoms. The number of hydrogen-bond donors (Lipinski definition) is 1. The summed E-state index contributed by atoms with van der Waals surface area (Å²) in [6.45, 7) is 7.47. The predicted octanol–water partition coefficient (Wildman–Crippen LogP) is 2.46. The van der Waals surface area contributed by atoms with E-state index in [1.165, 1.54) is 6.07 Å². The van der Waals surface area contributed by atoms with Crippen molar-refractivity contribution in [2.24, 2.45) is 5.73 Å². The highest BCUT2D eigenvalue weighted by Crippen LogP contribution is 2.26. The summed E-state index contributed by atoms with van der Waals surface area (Å²) in [5.41, 5.74) is 6.75. The van der Waals surface area contributed by atoms with Crippen molar-refractivity contribution in [1.82, 2.24) is 4.90 Å². The number of nitrogens with zero attached hydrogens (tertiary/aromatic N) is 1. The number of thioether (sulfide) groups is 1. The molecular formula is C16H21FN2S. The second-order valence-corrected chi connectivity index (χ2v) is 7.15. The van der Waals surface area contributed by atoms with Crippen molar-refractivity contribution in [3.63, 3.8) is 0 Å². The Hall–Kier alpha value is -1.02. The fourth-order valence-electron chi connectivity index (χ4n) is 2.56. The van der Waals surface area contributed by atoms with Gasteiger partial charge in [-0.15, -0.1) is 0 Å². The Morgan fingerprint density at radius 1 is 1.35 bits per heavy atom. The van der Waals surface area contributed by atoms with E-state index < -0.39 is 0 Å². The molecule has 1 saturated heterocycles. The zero-order chi connectivity index (χ0) is 14.5. The van der Waals surface area contributed by atoms with Gasteiger partial charge >= 0.3 is 0 Å². The topological polar surface area (TPSA) is 29.3 Å². The zero-order valence-electron chi connectivity index (χ0n) is 12.0. The van der Waals surface area contributed by atoms with Crippen LogP contribution in [0.25, 0.3) is 0 Å². The highest BCUT2D eigenvalue weighted by atomic mass is 32.2. The summed E-state index contributed by atoms with van der Waals surface area (Å²) < 4.78 is 14.1. The Balaban J connectivity index is 2.06. The molecule has 2 atom stereocenters. The average Bonchev–Trinajstić information content (AvgIpc) is 2.38. The summed E-state index contributed by atoms with van der Waals surface area (Å²) in [4.78, 5) is 2.33. The maximum atomic E-state index is 14.1. The van der Waals surface area contributed by atoms with E-state index >= 15 is 0 Å². The quantitative estimate of drug-likeness (QED) is 0.849. The molecule has 0 amide bonds. The van der Waals surface area contributed by atoms with Crippen LogP contribution in [0.4, 0.5) is 4.39 Å². The average molecular weight is 292 g/mol. The van der Waals surface area contributed by atoms with Gasteiger partial charge in [-0.05, 0) is 12.1 Å². The summed E-state index contributed by atoms with van der Waals surface area (Å²) in [6, 6.07) is 5.21. The molecule has 2 N–H and O–H groups in total. The second-order valence-electron chi connectivity index (χ2n) is 5.26. The van der Waals surface area contributed by atoms with Crippen LogP contribution in [0.3, 0.4) is 0 Å². The summed E-state index contributed by atoms with van der Waals surface area (Å²) in [5.74, 6) is 5.43. The lowest BCUT2D eigenvalue weighted by molar-refractivity contribution is 0.259. The van der Waals surface area contributed by atoms with E-state index in [9.17, 15) is 4.39 Å². The maximum Gasteiger partial charge on any atom is 0.128 e. The lowest BCUT2D eigenvalue weighted by Crippen LogP contribution is -2.39. The van der Waals surface area contributed by atoms with Crippen LogP contribution in [-0.2, 0) is 6.54 Å². The first-order chi connectivity index (χ1) is 9.58. The molecule has 0 aromatic heterocycles. The molecule has 2 unspecified atom stereocenters. The molecule has 1 aliphatic rings. The van der Waals surface area contributed by atoms with Gasteiger partial charge in [-0.25, -0.2) is 4.39 Å². The number of nitrogens with two attached hydrogens (primary N) is 1. The smallest absolute Gasteiger partial charge is 0.128 e. The Kier molecular flexibility index (Phi) is 5.47. The highest BCUT2D eigenvalue weighted by molar-refractivity contribution is 8.00. The fraction of sp³-hybridized carbons (Fsp3) is 0.500. The van der Waals surface area contributed by atoms with Crippen molar-refractivity contribution in [3.05, 3.63) is 35.1 Å². The molecule has 1 aromatic carbocycles. The molecule has 1 heterocycles. The van der Waals surface area contributed by atoms with Crippen LogP contribution < -0.4 is 5.73 Å². The molecule has 0 saturated carbocycles. The van der Waals surface area contributed by atoms with Gasteiger partial charge in [-0.1, -0.05) is 31.8 Å². The standard InChI is InChI=1S/C16H21FN2S/c1-12-9-19(10-13(2)20-12)11-15-6-5-14(4-3-7-18)8-16(15)17/h5-6,8,12-13H,7,9-11,18H2,1-2H3. The number of hydrogen-bond acceptors (Lipinski definition) is 3. The van der Waals surface area contributed by atoms with E-state index in [1.54, 1.807) is 0 Å². The minimum Gasteiger partial charge on any atom is -0.320 e. The third kappa shape index (κ3) is 4.24. The van der Waals surface area contributed by atoms with E-state index in [1.807, 2.05) is 23.9 Å². The van der Waals surface area contributed by atoms with Crippen molar-refractivity contribution in [1.29, 1.82) is 0 Å². The predicted molar refractivity (Wildman–Crippen MR) is 84.1 cm³/mol. The molecule has 0 bridgehead atoms. The van der Waals surface area contributed by atoms with Gasteiger partial charge in [0.2, 0.25) is 0 Å². The van der Waals surface area contributed by atoms with Gasteiger partial charge in [-0.2, -0.15) is 11.8 Å². The van der Waals surface area contributed by atoms with Gasteiger partial charge < -0.3 is 5.73 Å². The molecule has 4 heteroatoms. The minimum absolute atomic E-state index is 0.174. The van der Waals surface area contributed by atoms with Gasteiger partial charge in [0.25, 0.3) is 0 Å². The van der Waals surface area contributed by atoms with Crippen LogP contribution in [0.2, 0.25) is 0 Å². The molecule has 2 nitrogen and oxygen atoms in total. The number of rotatable bonds is 2. The van der Waals surface area contributed by atoms with Crippen LogP contribution in [-0.4, -0.2) is 35.0 Å². The van der Waals surface area contributed by atoms with Gasteiger partial charge in [0, 0.05) is 41.3 Å². The molecule has 0 aliphatic carbocycles.